The van der Waals surface area contributed by atoms with Gasteiger partial charge in [0.05, 0.1) is 0 Å². The van der Waals surface area contributed by atoms with Crippen molar-refractivity contribution in [1.29, 1.82) is 0 Å². The lowest BCUT2D eigenvalue weighted by molar-refractivity contribution is 0.0740. The number of hydrogen-bond acceptors (Lipinski definition) is 2. The fourth-order valence-electron chi connectivity index (χ4n) is 2.24. The minimum atomic E-state index is 0.143. The topological polar surface area (TPSA) is 53.6 Å². The predicted octanol–water partition coefficient (Wildman–Crippen LogP) is 1.03. The van der Waals surface area contributed by atoms with Crippen LogP contribution in [0.4, 0.5) is 0 Å². The lowest BCUT2D eigenvalue weighted by atomic mass is 9.93. The Bertz CT molecular complexity index is 247. The minimum Gasteiger partial charge on any atom is -0.370 e. The summed E-state index contributed by atoms with van der Waals surface area (Å²) < 4.78 is 0. The number of nitrogens with two attached hydrogens (primary N) is 1. The van der Waals surface area contributed by atoms with Crippen LogP contribution in [0.5, 0.6) is 0 Å². The summed E-state index contributed by atoms with van der Waals surface area (Å²) >= 11 is 0. The summed E-state index contributed by atoms with van der Waals surface area (Å²) in [7, 11) is 1.71. The predicted molar refractivity (Wildman–Crippen MR) is 69.6 cm³/mol. The van der Waals surface area contributed by atoms with E-state index in [1.54, 1.807) is 7.05 Å². The molecule has 16 heavy (non-hydrogen) atoms. The van der Waals surface area contributed by atoms with Crippen molar-refractivity contribution in [1.82, 2.24) is 10.2 Å². The highest BCUT2D eigenvalue weighted by Gasteiger charge is 2.29. The van der Waals surface area contributed by atoms with E-state index in [-0.39, 0.29) is 5.54 Å². The molecule has 0 spiro atoms. The number of hydrogen-bond donors (Lipinski definition) is 2. The molecule has 1 saturated heterocycles. The van der Waals surface area contributed by atoms with Gasteiger partial charge in [0.1, 0.15) is 0 Å². The Balaban J connectivity index is 2.48. The maximum Gasteiger partial charge on any atom is 0.188 e. The molecule has 4 heteroatoms. The number of nitrogens with one attached hydrogen (secondary N) is 1. The van der Waals surface area contributed by atoms with E-state index in [9.17, 15) is 0 Å². The first-order valence-corrected chi connectivity index (χ1v) is 6.17. The monoisotopic (exact) mass is 226 g/mol. The number of likely N-dealkylation sites (tertiary alicyclic amines) is 1. The lowest BCUT2D eigenvalue weighted by Crippen LogP contribution is -2.55. The van der Waals surface area contributed by atoms with Crippen LogP contribution in [-0.2, 0) is 0 Å². The zero-order valence-electron chi connectivity index (χ0n) is 11.1. The van der Waals surface area contributed by atoms with E-state index < -0.39 is 0 Å². The van der Waals surface area contributed by atoms with Crippen LogP contribution in [0.2, 0.25) is 0 Å². The molecule has 1 atom stereocenters. The smallest absolute Gasteiger partial charge is 0.188 e. The van der Waals surface area contributed by atoms with Crippen molar-refractivity contribution in [3.8, 4) is 0 Å². The first-order valence-electron chi connectivity index (χ1n) is 6.17. The molecule has 0 bridgehead atoms. The molecule has 0 saturated carbocycles. The van der Waals surface area contributed by atoms with Gasteiger partial charge in [-0.25, -0.2) is 0 Å². The molecule has 0 amide bonds. The Morgan fingerprint density at radius 2 is 2.25 bits per heavy atom. The van der Waals surface area contributed by atoms with Crippen molar-refractivity contribution in [2.75, 3.05) is 26.7 Å². The SMILES string of the molecule is CN=C(N)NCC(C)(C)N1CCCC(C)C1. The summed E-state index contributed by atoms with van der Waals surface area (Å²) in [4.78, 5) is 6.47. The van der Waals surface area contributed by atoms with Gasteiger partial charge in [0.2, 0.25) is 0 Å². The molecule has 1 aliphatic rings. The van der Waals surface area contributed by atoms with E-state index in [0.29, 0.717) is 5.96 Å². The van der Waals surface area contributed by atoms with E-state index >= 15 is 0 Å². The second-order valence-electron chi connectivity index (χ2n) is 5.47. The quantitative estimate of drug-likeness (QED) is 0.558. The Labute approximate surface area is 99.3 Å². The average Bonchev–Trinajstić information content (AvgIpc) is 2.26. The number of rotatable bonds is 3. The molecule has 4 nitrogen and oxygen atoms in total. The van der Waals surface area contributed by atoms with E-state index in [0.717, 1.165) is 12.5 Å². The number of guanidine groups is 1. The van der Waals surface area contributed by atoms with Gasteiger partial charge in [0.25, 0.3) is 0 Å². The summed E-state index contributed by atoms with van der Waals surface area (Å²) in [6.07, 6.45) is 2.67. The Kier molecular flexibility index (Phi) is 4.59. The van der Waals surface area contributed by atoms with Crippen LogP contribution in [0.15, 0.2) is 4.99 Å². The molecule has 3 N–H and O–H groups in total. The minimum absolute atomic E-state index is 0.143. The molecule has 0 radical (unpaired) electrons. The number of nitrogens with zero attached hydrogens (tertiary/aromatic N) is 2. The van der Waals surface area contributed by atoms with Crippen LogP contribution >= 0.6 is 0 Å². The summed E-state index contributed by atoms with van der Waals surface area (Å²) in [5.74, 6) is 1.34. The fourth-order valence-corrected chi connectivity index (χ4v) is 2.24. The summed E-state index contributed by atoms with van der Waals surface area (Å²) in [5, 5.41) is 3.17. The average molecular weight is 226 g/mol. The van der Waals surface area contributed by atoms with Crippen molar-refractivity contribution in [2.24, 2.45) is 16.6 Å². The molecule has 1 aliphatic heterocycles. The standard InChI is InChI=1S/C12H26N4/c1-10-6-5-7-16(8-10)12(2,3)9-15-11(13)14-4/h10H,5-9H2,1-4H3,(H3,13,14,15). The van der Waals surface area contributed by atoms with Gasteiger partial charge < -0.3 is 11.1 Å². The molecule has 0 aromatic carbocycles. The molecular formula is C12H26N4. The summed E-state index contributed by atoms with van der Waals surface area (Å²) in [5.41, 5.74) is 5.80. The molecule has 1 fully saturated rings. The van der Waals surface area contributed by atoms with Gasteiger partial charge in [-0.1, -0.05) is 6.92 Å². The molecular weight excluding hydrogens is 200 g/mol. The van der Waals surface area contributed by atoms with Gasteiger partial charge in [-0.3, -0.25) is 9.89 Å². The van der Waals surface area contributed by atoms with Crippen molar-refractivity contribution >= 4 is 5.96 Å². The van der Waals surface area contributed by atoms with E-state index in [1.807, 2.05) is 0 Å². The third-order valence-electron chi connectivity index (χ3n) is 3.46. The Hall–Kier alpha value is -0.770. The van der Waals surface area contributed by atoms with E-state index in [1.165, 1.54) is 25.9 Å². The number of aliphatic imine (C=N–C) groups is 1. The van der Waals surface area contributed by atoms with Crippen LogP contribution in [0.1, 0.15) is 33.6 Å². The van der Waals surface area contributed by atoms with Gasteiger partial charge >= 0.3 is 0 Å². The molecule has 0 aromatic heterocycles. The highest BCUT2D eigenvalue weighted by atomic mass is 15.2. The molecule has 1 rings (SSSR count). The second kappa shape index (κ2) is 5.53. The highest BCUT2D eigenvalue weighted by molar-refractivity contribution is 5.77. The Morgan fingerprint density at radius 3 is 2.81 bits per heavy atom. The first-order chi connectivity index (χ1) is 7.45. The van der Waals surface area contributed by atoms with Crippen LogP contribution in [0.25, 0.3) is 0 Å². The molecule has 1 heterocycles. The first kappa shape index (κ1) is 13.3. The van der Waals surface area contributed by atoms with Crippen molar-refractivity contribution < 1.29 is 0 Å². The molecule has 1 unspecified atom stereocenters. The third kappa shape index (κ3) is 3.67. The van der Waals surface area contributed by atoms with Crippen LogP contribution in [0, 0.1) is 5.92 Å². The van der Waals surface area contributed by atoms with Crippen molar-refractivity contribution in [2.45, 2.75) is 39.2 Å². The number of piperidine rings is 1. The maximum absolute atomic E-state index is 5.66. The fraction of sp³-hybridized carbons (Fsp3) is 0.917. The maximum atomic E-state index is 5.66. The normalized spacial score (nSPS) is 24.5. The molecule has 94 valence electrons. The zero-order chi connectivity index (χ0) is 12.2. The van der Waals surface area contributed by atoms with E-state index in [2.05, 4.69) is 36.0 Å². The van der Waals surface area contributed by atoms with Crippen molar-refractivity contribution in [3.63, 3.8) is 0 Å². The van der Waals surface area contributed by atoms with Gasteiger partial charge in [-0.15, -0.1) is 0 Å². The Morgan fingerprint density at radius 1 is 1.56 bits per heavy atom. The van der Waals surface area contributed by atoms with Crippen LogP contribution in [-0.4, -0.2) is 43.1 Å². The van der Waals surface area contributed by atoms with Crippen molar-refractivity contribution in [3.05, 3.63) is 0 Å². The van der Waals surface area contributed by atoms with Gasteiger partial charge in [0.15, 0.2) is 5.96 Å². The van der Waals surface area contributed by atoms with Gasteiger partial charge in [-0.2, -0.15) is 0 Å². The molecule has 0 aromatic rings. The zero-order valence-corrected chi connectivity index (χ0v) is 11.1. The van der Waals surface area contributed by atoms with Gasteiger partial charge in [-0.05, 0) is 39.2 Å². The second-order valence-corrected chi connectivity index (χ2v) is 5.47. The van der Waals surface area contributed by atoms with Gasteiger partial charge in [0, 0.05) is 25.7 Å². The summed E-state index contributed by atoms with van der Waals surface area (Å²) in [6, 6.07) is 0. The van der Waals surface area contributed by atoms with E-state index in [4.69, 9.17) is 5.73 Å². The largest absolute Gasteiger partial charge is 0.370 e. The van der Waals surface area contributed by atoms with Crippen LogP contribution < -0.4 is 11.1 Å². The third-order valence-corrected chi connectivity index (χ3v) is 3.46. The molecule has 0 aliphatic carbocycles. The highest BCUT2D eigenvalue weighted by Crippen LogP contribution is 2.23. The lowest BCUT2D eigenvalue weighted by Gasteiger charge is -2.43. The summed E-state index contributed by atoms with van der Waals surface area (Å²) in [6.45, 7) is 10.1. The van der Waals surface area contributed by atoms with Crippen LogP contribution in [0.3, 0.4) is 0 Å².